The van der Waals surface area contributed by atoms with Gasteiger partial charge in [-0.15, -0.1) is 0 Å². The maximum absolute atomic E-state index is 12.3. The van der Waals surface area contributed by atoms with Crippen LogP contribution in [-0.4, -0.2) is 10.7 Å². The SMILES string of the molecule is O=C(OCc1ccccc1)n1cccc1-c1ccc(Br)cc1. The third-order valence-electron chi connectivity index (χ3n) is 3.29. The van der Waals surface area contributed by atoms with E-state index in [0.29, 0.717) is 0 Å². The standard InChI is InChI=1S/C18H14BrNO2/c19-16-10-8-15(9-11-16)17-7-4-12-20(17)18(21)22-13-14-5-2-1-3-6-14/h1-12H,13H2. The summed E-state index contributed by atoms with van der Waals surface area (Å²) in [6.07, 6.45) is 1.33. The lowest BCUT2D eigenvalue weighted by Crippen LogP contribution is -2.13. The second-order valence-electron chi connectivity index (χ2n) is 4.81. The number of rotatable bonds is 3. The molecule has 0 aliphatic rings. The Balaban J connectivity index is 1.76. The second kappa shape index (κ2) is 6.62. The molecule has 3 aromatic rings. The third kappa shape index (κ3) is 3.28. The number of aromatic nitrogens is 1. The largest absolute Gasteiger partial charge is 0.444 e. The number of ether oxygens (including phenoxy) is 1. The first-order chi connectivity index (χ1) is 10.7. The first-order valence-electron chi connectivity index (χ1n) is 6.88. The molecule has 0 aliphatic carbocycles. The molecule has 3 rings (SSSR count). The lowest BCUT2D eigenvalue weighted by Gasteiger charge is -2.09. The van der Waals surface area contributed by atoms with Gasteiger partial charge < -0.3 is 4.74 Å². The molecule has 22 heavy (non-hydrogen) atoms. The lowest BCUT2D eigenvalue weighted by molar-refractivity contribution is 0.141. The van der Waals surface area contributed by atoms with Crippen LogP contribution in [0.25, 0.3) is 11.3 Å². The molecule has 0 saturated heterocycles. The summed E-state index contributed by atoms with van der Waals surface area (Å²) in [7, 11) is 0. The molecule has 2 aromatic carbocycles. The first-order valence-corrected chi connectivity index (χ1v) is 7.68. The van der Waals surface area contributed by atoms with Gasteiger partial charge in [0.1, 0.15) is 6.61 Å². The van der Waals surface area contributed by atoms with Crippen LogP contribution in [0.5, 0.6) is 0 Å². The minimum absolute atomic E-state index is 0.262. The number of benzene rings is 2. The number of nitrogens with zero attached hydrogens (tertiary/aromatic N) is 1. The summed E-state index contributed by atoms with van der Waals surface area (Å²) in [5.41, 5.74) is 2.74. The van der Waals surface area contributed by atoms with E-state index in [4.69, 9.17) is 4.74 Å². The van der Waals surface area contributed by atoms with Gasteiger partial charge in [0.05, 0.1) is 5.69 Å². The van der Waals surface area contributed by atoms with Gasteiger partial charge in [-0.25, -0.2) is 4.79 Å². The Kier molecular flexibility index (Phi) is 4.39. The summed E-state index contributed by atoms with van der Waals surface area (Å²) < 4.78 is 7.89. The number of carbonyl (C=O) groups is 1. The van der Waals surface area contributed by atoms with Crippen LogP contribution in [0.3, 0.4) is 0 Å². The van der Waals surface area contributed by atoms with Crippen LogP contribution in [-0.2, 0) is 11.3 Å². The molecule has 110 valence electrons. The Bertz CT molecular complexity index is 763. The Morgan fingerprint density at radius 2 is 1.68 bits per heavy atom. The predicted octanol–water partition coefficient (Wildman–Crippen LogP) is 5.10. The maximum Gasteiger partial charge on any atom is 0.418 e. The minimum atomic E-state index is -0.383. The molecular formula is C18H14BrNO2. The molecule has 0 saturated carbocycles. The average Bonchev–Trinajstić information content (AvgIpc) is 3.04. The molecule has 0 unspecified atom stereocenters. The van der Waals surface area contributed by atoms with Crippen molar-refractivity contribution in [3.63, 3.8) is 0 Å². The smallest absolute Gasteiger partial charge is 0.418 e. The van der Waals surface area contributed by atoms with Crippen LogP contribution in [0.4, 0.5) is 4.79 Å². The Labute approximate surface area is 137 Å². The van der Waals surface area contributed by atoms with Gasteiger partial charge in [0.15, 0.2) is 0 Å². The van der Waals surface area contributed by atoms with E-state index < -0.39 is 0 Å². The van der Waals surface area contributed by atoms with E-state index in [2.05, 4.69) is 15.9 Å². The van der Waals surface area contributed by atoms with Gasteiger partial charge in [-0.3, -0.25) is 4.57 Å². The zero-order valence-electron chi connectivity index (χ0n) is 11.8. The Hall–Kier alpha value is -2.33. The van der Waals surface area contributed by atoms with E-state index in [1.54, 1.807) is 6.20 Å². The molecule has 0 fully saturated rings. The molecule has 0 N–H and O–H groups in total. The highest BCUT2D eigenvalue weighted by atomic mass is 79.9. The van der Waals surface area contributed by atoms with Crippen molar-refractivity contribution in [3.05, 3.63) is 83.0 Å². The van der Waals surface area contributed by atoms with Crippen LogP contribution in [0.1, 0.15) is 5.56 Å². The highest BCUT2D eigenvalue weighted by Gasteiger charge is 2.12. The average molecular weight is 356 g/mol. The summed E-state index contributed by atoms with van der Waals surface area (Å²) in [6, 6.07) is 21.2. The van der Waals surface area contributed by atoms with Gasteiger partial charge in [-0.05, 0) is 35.4 Å². The van der Waals surface area contributed by atoms with Gasteiger partial charge in [0.2, 0.25) is 0 Å². The molecule has 0 amide bonds. The fraction of sp³-hybridized carbons (Fsp3) is 0.0556. The molecule has 0 atom stereocenters. The predicted molar refractivity (Wildman–Crippen MR) is 89.6 cm³/mol. The van der Waals surface area contributed by atoms with Crippen LogP contribution >= 0.6 is 15.9 Å². The van der Waals surface area contributed by atoms with Gasteiger partial charge in [0.25, 0.3) is 0 Å². The van der Waals surface area contributed by atoms with Crippen molar-refractivity contribution in [3.8, 4) is 11.3 Å². The zero-order valence-corrected chi connectivity index (χ0v) is 13.4. The van der Waals surface area contributed by atoms with Gasteiger partial charge in [-0.1, -0.05) is 58.4 Å². The van der Waals surface area contributed by atoms with E-state index in [-0.39, 0.29) is 12.7 Å². The quantitative estimate of drug-likeness (QED) is 0.654. The van der Waals surface area contributed by atoms with E-state index in [0.717, 1.165) is 21.3 Å². The van der Waals surface area contributed by atoms with Gasteiger partial charge >= 0.3 is 6.09 Å². The molecule has 0 radical (unpaired) electrons. The summed E-state index contributed by atoms with van der Waals surface area (Å²) in [5, 5.41) is 0. The molecule has 0 spiro atoms. The van der Waals surface area contributed by atoms with Crippen molar-refractivity contribution in [2.75, 3.05) is 0 Å². The normalized spacial score (nSPS) is 10.4. The maximum atomic E-state index is 12.3. The van der Waals surface area contributed by atoms with Crippen molar-refractivity contribution in [1.82, 2.24) is 4.57 Å². The summed E-state index contributed by atoms with van der Waals surface area (Å²) in [5.74, 6) is 0. The van der Waals surface area contributed by atoms with Crippen LogP contribution < -0.4 is 0 Å². The number of hydrogen-bond acceptors (Lipinski definition) is 2. The highest BCUT2D eigenvalue weighted by molar-refractivity contribution is 9.10. The van der Waals surface area contributed by atoms with Crippen LogP contribution in [0.15, 0.2) is 77.4 Å². The van der Waals surface area contributed by atoms with Gasteiger partial charge in [-0.2, -0.15) is 0 Å². The summed E-state index contributed by atoms with van der Waals surface area (Å²) in [4.78, 5) is 12.3. The Morgan fingerprint density at radius 1 is 0.955 bits per heavy atom. The monoisotopic (exact) mass is 355 g/mol. The fourth-order valence-electron chi connectivity index (χ4n) is 2.18. The zero-order chi connectivity index (χ0) is 15.4. The number of hydrogen-bond donors (Lipinski definition) is 0. The van der Waals surface area contributed by atoms with E-state index in [9.17, 15) is 4.79 Å². The molecule has 0 aliphatic heterocycles. The summed E-state index contributed by atoms with van der Waals surface area (Å²) in [6.45, 7) is 0.262. The van der Waals surface area contributed by atoms with Crippen molar-refractivity contribution >= 4 is 22.0 Å². The molecule has 3 nitrogen and oxygen atoms in total. The van der Waals surface area contributed by atoms with Crippen LogP contribution in [0.2, 0.25) is 0 Å². The van der Waals surface area contributed by atoms with Gasteiger partial charge in [0, 0.05) is 10.7 Å². The summed E-state index contributed by atoms with van der Waals surface area (Å²) >= 11 is 3.41. The topological polar surface area (TPSA) is 31.2 Å². The molecular weight excluding hydrogens is 342 g/mol. The fourth-order valence-corrected chi connectivity index (χ4v) is 2.45. The number of halogens is 1. The lowest BCUT2D eigenvalue weighted by atomic mass is 10.1. The van der Waals surface area contributed by atoms with Crippen molar-refractivity contribution < 1.29 is 9.53 Å². The molecule has 4 heteroatoms. The van der Waals surface area contributed by atoms with Crippen LogP contribution in [0, 0.1) is 0 Å². The van der Waals surface area contributed by atoms with Crippen molar-refractivity contribution in [1.29, 1.82) is 0 Å². The first kappa shape index (κ1) is 14.6. The molecule has 1 aromatic heterocycles. The van der Waals surface area contributed by atoms with Crippen molar-refractivity contribution in [2.24, 2.45) is 0 Å². The van der Waals surface area contributed by atoms with E-state index >= 15 is 0 Å². The minimum Gasteiger partial charge on any atom is -0.444 e. The van der Waals surface area contributed by atoms with Crippen molar-refractivity contribution in [2.45, 2.75) is 6.61 Å². The van der Waals surface area contributed by atoms with E-state index in [1.165, 1.54) is 4.57 Å². The Morgan fingerprint density at radius 3 is 2.41 bits per heavy atom. The number of carbonyl (C=O) groups excluding carboxylic acids is 1. The third-order valence-corrected chi connectivity index (χ3v) is 3.82. The highest BCUT2D eigenvalue weighted by Crippen LogP contribution is 2.22. The molecule has 0 bridgehead atoms. The molecule has 1 heterocycles. The van der Waals surface area contributed by atoms with E-state index in [1.807, 2.05) is 66.7 Å². The second-order valence-corrected chi connectivity index (χ2v) is 5.73.